The molecule has 1 unspecified atom stereocenters. The number of amides is 1. The standard InChI is InChI=1S/C14H22N4OS2/c1-3-9-15-12(19)10(2)20-14-18-17-13(21-14)16-11-7-5-4-6-8-11/h3,10-11H,1,4-9H2,2H3,(H,15,19)(H,16,17). The first kappa shape index (κ1) is 16.3. The van der Waals surface area contributed by atoms with Crippen LogP contribution < -0.4 is 10.6 Å². The van der Waals surface area contributed by atoms with Gasteiger partial charge in [-0.2, -0.15) is 0 Å². The van der Waals surface area contributed by atoms with Gasteiger partial charge in [-0.1, -0.05) is 48.4 Å². The predicted molar refractivity (Wildman–Crippen MR) is 88.9 cm³/mol. The molecule has 0 aliphatic heterocycles. The fraction of sp³-hybridized carbons (Fsp3) is 0.643. The van der Waals surface area contributed by atoms with E-state index in [-0.39, 0.29) is 11.2 Å². The highest BCUT2D eigenvalue weighted by atomic mass is 32.2. The van der Waals surface area contributed by atoms with Crippen LogP contribution in [-0.4, -0.2) is 33.9 Å². The Balaban J connectivity index is 1.81. The number of hydrogen-bond donors (Lipinski definition) is 2. The zero-order valence-corrected chi connectivity index (χ0v) is 13.9. The summed E-state index contributed by atoms with van der Waals surface area (Å²) in [6, 6.07) is 0.526. The average molecular weight is 326 g/mol. The lowest BCUT2D eigenvalue weighted by Gasteiger charge is -2.21. The van der Waals surface area contributed by atoms with Crippen molar-refractivity contribution < 1.29 is 4.79 Å². The second-order valence-corrected chi connectivity index (χ2v) is 7.71. The Hall–Kier alpha value is -1.08. The van der Waals surface area contributed by atoms with Gasteiger partial charge in [0.2, 0.25) is 11.0 Å². The summed E-state index contributed by atoms with van der Waals surface area (Å²) in [5, 5.41) is 15.3. The lowest BCUT2D eigenvalue weighted by Crippen LogP contribution is -2.30. The van der Waals surface area contributed by atoms with E-state index < -0.39 is 0 Å². The van der Waals surface area contributed by atoms with Gasteiger partial charge in [0.15, 0.2) is 4.34 Å². The molecule has 0 bridgehead atoms. The first-order valence-electron chi connectivity index (χ1n) is 7.34. The minimum absolute atomic E-state index is 0.00288. The van der Waals surface area contributed by atoms with Gasteiger partial charge in [-0.15, -0.1) is 16.8 Å². The van der Waals surface area contributed by atoms with Crippen LogP contribution in [0.3, 0.4) is 0 Å². The van der Waals surface area contributed by atoms with Crippen LogP contribution in [0.4, 0.5) is 5.13 Å². The summed E-state index contributed by atoms with van der Waals surface area (Å²) in [5.41, 5.74) is 0. The van der Waals surface area contributed by atoms with E-state index in [1.165, 1.54) is 55.2 Å². The molecule has 1 heterocycles. The fourth-order valence-electron chi connectivity index (χ4n) is 2.26. The van der Waals surface area contributed by atoms with Gasteiger partial charge in [0.1, 0.15) is 0 Å². The third kappa shape index (κ3) is 5.32. The molecule has 1 aromatic heterocycles. The molecule has 0 radical (unpaired) electrons. The first-order valence-corrected chi connectivity index (χ1v) is 9.04. The molecular formula is C14H22N4OS2. The predicted octanol–water partition coefficient (Wildman–Crippen LogP) is 3.07. The molecule has 1 aliphatic rings. The third-order valence-corrected chi connectivity index (χ3v) is 5.45. The van der Waals surface area contributed by atoms with Crippen LogP contribution in [0.5, 0.6) is 0 Å². The molecule has 116 valence electrons. The van der Waals surface area contributed by atoms with Gasteiger partial charge in [0, 0.05) is 12.6 Å². The highest BCUT2D eigenvalue weighted by Gasteiger charge is 2.18. The number of nitrogens with zero attached hydrogens (tertiary/aromatic N) is 2. The number of carbonyl (C=O) groups is 1. The van der Waals surface area contributed by atoms with E-state index in [1.807, 2.05) is 6.92 Å². The Morgan fingerprint density at radius 2 is 2.24 bits per heavy atom. The van der Waals surface area contributed by atoms with Gasteiger partial charge in [0.25, 0.3) is 0 Å². The molecule has 1 amide bonds. The lowest BCUT2D eigenvalue weighted by molar-refractivity contribution is -0.120. The van der Waals surface area contributed by atoms with E-state index in [4.69, 9.17) is 0 Å². The molecule has 1 atom stereocenters. The topological polar surface area (TPSA) is 66.9 Å². The van der Waals surface area contributed by atoms with E-state index in [2.05, 4.69) is 27.4 Å². The SMILES string of the molecule is C=CCNC(=O)C(C)Sc1nnc(NC2CCCCC2)s1. The maximum atomic E-state index is 11.8. The molecule has 7 heteroatoms. The highest BCUT2D eigenvalue weighted by molar-refractivity contribution is 8.02. The normalized spacial score (nSPS) is 17.2. The molecular weight excluding hydrogens is 304 g/mol. The second-order valence-electron chi connectivity index (χ2n) is 5.15. The van der Waals surface area contributed by atoms with Crippen LogP contribution in [0.25, 0.3) is 0 Å². The Bertz CT molecular complexity index is 471. The summed E-state index contributed by atoms with van der Waals surface area (Å²) in [7, 11) is 0. The van der Waals surface area contributed by atoms with Gasteiger partial charge >= 0.3 is 0 Å². The molecule has 0 spiro atoms. The largest absolute Gasteiger partial charge is 0.357 e. The van der Waals surface area contributed by atoms with Crippen LogP contribution >= 0.6 is 23.1 Å². The molecule has 0 aromatic carbocycles. The van der Waals surface area contributed by atoms with Gasteiger partial charge in [-0.3, -0.25) is 4.79 Å². The quantitative estimate of drug-likeness (QED) is 0.595. The smallest absolute Gasteiger partial charge is 0.233 e. The Morgan fingerprint density at radius 1 is 1.48 bits per heavy atom. The van der Waals surface area contributed by atoms with Crippen molar-refractivity contribution in [3.63, 3.8) is 0 Å². The number of aromatic nitrogens is 2. The summed E-state index contributed by atoms with van der Waals surface area (Å²) in [6.07, 6.45) is 8.02. The van der Waals surface area contributed by atoms with Gasteiger partial charge in [-0.05, 0) is 19.8 Å². The Morgan fingerprint density at radius 3 is 2.95 bits per heavy atom. The molecule has 1 aromatic rings. The van der Waals surface area contributed by atoms with Crippen molar-refractivity contribution in [3.05, 3.63) is 12.7 Å². The molecule has 1 aliphatic carbocycles. The third-order valence-electron chi connectivity index (χ3n) is 3.41. The number of thioether (sulfide) groups is 1. The summed E-state index contributed by atoms with van der Waals surface area (Å²) < 4.78 is 0.828. The number of carbonyl (C=O) groups excluding carboxylic acids is 1. The van der Waals surface area contributed by atoms with Gasteiger partial charge in [0.05, 0.1) is 5.25 Å². The fourth-order valence-corrected chi connectivity index (χ4v) is 4.26. The van der Waals surface area contributed by atoms with Crippen molar-refractivity contribution in [2.75, 3.05) is 11.9 Å². The van der Waals surface area contributed by atoms with Crippen LogP contribution in [0.2, 0.25) is 0 Å². The minimum atomic E-state index is -0.180. The molecule has 2 rings (SSSR count). The average Bonchev–Trinajstić information content (AvgIpc) is 2.92. The van der Waals surface area contributed by atoms with E-state index in [0.29, 0.717) is 12.6 Å². The maximum Gasteiger partial charge on any atom is 0.233 e. The molecule has 2 N–H and O–H groups in total. The van der Waals surface area contributed by atoms with Crippen molar-refractivity contribution in [2.45, 2.75) is 54.7 Å². The van der Waals surface area contributed by atoms with E-state index >= 15 is 0 Å². The number of rotatable bonds is 7. The first-order chi connectivity index (χ1) is 10.2. The zero-order valence-electron chi connectivity index (χ0n) is 12.3. The van der Waals surface area contributed by atoms with Gasteiger partial charge in [-0.25, -0.2) is 0 Å². The molecule has 1 fully saturated rings. The van der Waals surface area contributed by atoms with Crippen molar-refractivity contribution in [1.29, 1.82) is 0 Å². The molecule has 0 saturated heterocycles. The van der Waals surface area contributed by atoms with Crippen LogP contribution in [-0.2, 0) is 4.79 Å². The summed E-state index contributed by atoms with van der Waals surface area (Å²) in [5.74, 6) is -0.00288. The highest BCUT2D eigenvalue weighted by Crippen LogP contribution is 2.30. The summed E-state index contributed by atoms with van der Waals surface area (Å²) in [6.45, 7) is 5.95. The molecule has 21 heavy (non-hydrogen) atoms. The minimum Gasteiger partial charge on any atom is -0.357 e. The van der Waals surface area contributed by atoms with E-state index in [9.17, 15) is 4.79 Å². The van der Waals surface area contributed by atoms with Crippen LogP contribution in [0, 0.1) is 0 Å². The Kier molecular flexibility index (Phi) is 6.50. The molecule has 1 saturated carbocycles. The summed E-state index contributed by atoms with van der Waals surface area (Å²) >= 11 is 2.97. The van der Waals surface area contributed by atoms with E-state index in [0.717, 1.165) is 9.47 Å². The van der Waals surface area contributed by atoms with Crippen molar-refractivity contribution >= 4 is 34.1 Å². The lowest BCUT2D eigenvalue weighted by atomic mass is 9.96. The van der Waals surface area contributed by atoms with Crippen molar-refractivity contribution in [3.8, 4) is 0 Å². The summed E-state index contributed by atoms with van der Waals surface area (Å²) in [4.78, 5) is 11.8. The second kappa shape index (κ2) is 8.38. The monoisotopic (exact) mass is 326 g/mol. The van der Waals surface area contributed by atoms with Crippen LogP contribution in [0.1, 0.15) is 39.0 Å². The Labute approximate surface area is 134 Å². The van der Waals surface area contributed by atoms with Gasteiger partial charge < -0.3 is 10.6 Å². The molecule has 5 nitrogen and oxygen atoms in total. The number of hydrogen-bond acceptors (Lipinski definition) is 6. The number of anilines is 1. The number of nitrogens with one attached hydrogen (secondary N) is 2. The van der Waals surface area contributed by atoms with E-state index in [1.54, 1.807) is 6.08 Å². The zero-order chi connectivity index (χ0) is 15.1. The maximum absolute atomic E-state index is 11.8. The van der Waals surface area contributed by atoms with Crippen molar-refractivity contribution in [2.24, 2.45) is 0 Å². The van der Waals surface area contributed by atoms with Crippen molar-refractivity contribution in [1.82, 2.24) is 15.5 Å². The van der Waals surface area contributed by atoms with Crippen LogP contribution in [0.15, 0.2) is 17.0 Å².